The van der Waals surface area contributed by atoms with Crippen molar-refractivity contribution in [2.75, 3.05) is 13.1 Å². The number of carbonyl (C=O) groups is 1. The van der Waals surface area contributed by atoms with Crippen LogP contribution < -0.4 is 0 Å². The summed E-state index contributed by atoms with van der Waals surface area (Å²) < 4.78 is 5.67. The molecule has 3 nitrogen and oxygen atoms in total. The van der Waals surface area contributed by atoms with Gasteiger partial charge in [-0.2, -0.15) is 0 Å². The number of nitrogens with zero attached hydrogens (tertiary/aromatic N) is 1. The lowest BCUT2D eigenvalue weighted by atomic mass is 9.89. The van der Waals surface area contributed by atoms with Crippen molar-refractivity contribution in [2.24, 2.45) is 11.3 Å². The molecule has 0 aromatic carbocycles. The van der Waals surface area contributed by atoms with E-state index >= 15 is 0 Å². The van der Waals surface area contributed by atoms with Gasteiger partial charge in [0.2, 0.25) is 5.91 Å². The highest BCUT2D eigenvalue weighted by molar-refractivity contribution is 5.86. The molecule has 0 aromatic rings. The number of hydrogen-bond acceptors (Lipinski definition) is 2. The van der Waals surface area contributed by atoms with E-state index in [1.807, 2.05) is 18.7 Å². The van der Waals surface area contributed by atoms with Crippen LogP contribution in [-0.4, -0.2) is 36.1 Å². The molecule has 2 fully saturated rings. The lowest BCUT2D eigenvalue weighted by Gasteiger charge is -2.42. The van der Waals surface area contributed by atoms with Crippen LogP contribution in [0.1, 0.15) is 40.5 Å². The topological polar surface area (TPSA) is 29.5 Å². The van der Waals surface area contributed by atoms with Crippen LogP contribution in [-0.2, 0) is 9.53 Å². The Kier molecular flexibility index (Phi) is 2.99. The Morgan fingerprint density at radius 3 is 2.19 bits per heavy atom. The van der Waals surface area contributed by atoms with Gasteiger partial charge in [-0.1, -0.05) is 13.8 Å². The van der Waals surface area contributed by atoms with Gasteiger partial charge in [-0.25, -0.2) is 0 Å². The molecule has 0 spiro atoms. The Labute approximate surface area is 98.1 Å². The number of carbonyl (C=O) groups excluding carboxylic acids is 1. The van der Waals surface area contributed by atoms with E-state index in [1.54, 1.807) is 0 Å². The lowest BCUT2D eigenvalue weighted by Crippen LogP contribution is -2.57. The Hall–Kier alpha value is -0.570. The van der Waals surface area contributed by atoms with Crippen LogP contribution in [0, 0.1) is 11.3 Å². The van der Waals surface area contributed by atoms with Gasteiger partial charge in [-0.05, 0) is 32.6 Å². The van der Waals surface area contributed by atoms with Crippen molar-refractivity contribution >= 4 is 5.91 Å². The molecule has 2 aliphatic rings. The first-order valence-electron chi connectivity index (χ1n) is 6.40. The van der Waals surface area contributed by atoms with Crippen LogP contribution in [0.4, 0.5) is 0 Å². The minimum atomic E-state index is -0.0111. The zero-order chi connectivity index (χ0) is 11.9. The summed E-state index contributed by atoms with van der Waals surface area (Å²) in [6, 6.07) is 0. The van der Waals surface area contributed by atoms with Crippen molar-refractivity contribution < 1.29 is 9.53 Å². The molecule has 1 heterocycles. The molecular formula is C13H23NO2. The summed E-state index contributed by atoms with van der Waals surface area (Å²) in [7, 11) is 0. The van der Waals surface area contributed by atoms with E-state index in [1.165, 1.54) is 0 Å². The van der Waals surface area contributed by atoms with Crippen molar-refractivity contribution in [3.63, 3.8) is 0 Å². The highest BCUT2D eigenvalue weighted by atomic mass is 16.5. The van der Waals surface area contributed by atoms with Crippen molar-refractivity contribution in [3.8, 4) is 0 Å². The first-order valence-corrected chi connectivity index (χ1v) is 6.40. The van der Waals surface area contributed by atoms with Gasteiger partial charge in [0, 0.05) is 13.1 Å². The molecule has 16 heavy (non-hydrogen) atoms. The van der Waals surface area contributed by atoms with E-state index in [-0.39, 0.29) is 17.6 Å². The van der Waals surface area contributed by atoms with Gasteiger partial charge >= 0.3 is 0 Å². The third kappa shape index (κ3) is 1.97. The molecule has 0 aromatic heterocycles. The van der Waals surface area contributed by atoms with Gasteiger partial charge in [0.05, 0.1) is 17.6 Å². The molecule has 0 radical (unpaired) electrons. The van der Waals surface area contributed by atoms with Gasteiger partial charge < -0.3 is 9.64 Å². The molecule has 1 aliphatic heterocycles. The summed E-state index contributed by atoms with van der Waals surface area (Å²) in [5.74, 6) is 0.844. The van der Waals surface area contributed by atoms with Gasteiger partial charge in [0.15, 0.2) is 0 Å². The molecule has 3 heteroatoms. The fraction of sp³-hybridized carbons (Fsp3) is 0.923. The SMILES string of the molecule is CC(C)OC1CN(C(=O)C2(C(C)C)CC2)C1. The van der Waals surface area contributed by atoms with E-state index in [2.05, 4.69) is 13.8 Å². The number of likely N-dealkylation sites (tertiary alicyclic amines) is 1. The largest absolute Gasteiger partial charge is 0.372 e. The number of hydrogen-bond donors (Lipinski definition) is 0. The molecule has 1 saturated heterocycles. The van der Waals surface area contributed by atoms with Crippen LogP contribution >= 0.6 is 0 Å². The van der Waals surface area contributed by atoms with Crippen molar-refractivity contribution in [3.05, 3.63) is 0 Å². The van der Waals surface area contributed by atoms with E-state index in [0.29, 0.717) is 11.8 Å². The fourth-order valence-corrected chi connectivity index (χ4v) is 2.56. The standard InChI is InChI=1S/C13H23NO2/c1-9(2)13(5-6-13)12(15)14-7-11(8-14)16-10(3)4/h9-11H,5-8H2,1-4H3. The summed E-state index contributed by atoms with van der Waals surface area (Å²) >= 11 is 0. The molecule has 0 N–H and O–H groups in total. The highest BCUT2D eigenvalue weighted by Gasteiger charge is 2.55. The second kappa shape index (κ2) is 4.02. The van der Waals surface area contributed by atoms with Crippen LogP contribution in [0.5, 0.6) is 0 Å². The van der Waals surface area contributed by atoms with Crippen LogP contribution in [0.25, 0.3) is 0 Å². The first-order chi connectivity index (χ1) is 7.45. The van der Waals surface area contributed by atoms with Gasteiger partial charge in [-0.3, -0.25) is 4.79 Å². The highest BCUT2D eigenvalue weighted by Crippen LogP contribution is 2.53. The molecule has 1 saturated carbocycles. The maximum absolute atomic E-state index is 12.3. The van der Waals surface area contributed by atoms with Gasteiger partial charge in [0.1, 0.15) is 0 Å². The smallest absolute Gasteiger partial charge is 0.229 e. The van der Waals surface area contributed by atoms with E-state index in [9.17, 15) is 4.79 Å². The average molecular weight is 225 g/mol. The van der Waals surface area contributed by atoms with Gasteiger partial charge in [0.25, 0.3) is 0 Å². The summed E-state index contributed by atoms with van der Waals surface area (Å²) in [6.07, 6.45) is 2.69. The summed E-state index contributed by atoms with van der Waals surface area (Å²) in [5, 5.41) is 0. The maximum Gasteiger partial charge on any atom is 0.229 e. The van der Waals surface area contributed by atoms with Crippen LogP contribution in [0.15, 0.2) is 0 Å². The lowest BCUT2D eigenvalue weighted by molar-refractivity contribution is -0.155. The Morgan fingerprint density at radius 1 is 1.25 bits per heavy atom. The normalized spacial score (nSPS) is 23.8. The van der Waals surface area contributed by atoms with Crippen LogP contribution in [0.3, 0.4) is 0 Å². The third-order valence-corrected chi connectivity index (χ3v) is 3.92. The summed E-state index contributed by atoms with van der Waals surface area (Å²) in [5.41, 5.74) is -0.0111. The number of ether oxygens (including phenoxy) is 1. The predicted molar refractivity (Wildman–Crippen MR) is 63.1 cm³/mol. The summed E-state index contributed by atoms with van der Waals surface area (Å²) in [6.45, 7) is 10.00. The van der Waals surface area contributed by atoms with Crippen molar-refractivity contribution in [1.29, 1.82) is 0 Å². The number of rotatable bonds is 4. The second-order valence-corrected chi connectivity index (χ2v) is 5.83. The van der Waals surface area contributed by atoms with Crippen molar-refractivity contribution in [1.82, 2.24) is 4.90 Å². The molecule has 0 bridgehead atoms. The van der Waals surface area contributed by atoms with E-state index in [4.69, 9.17) is 4.74 Å². The zero-order valence-corrected chi connectivity index (χ0v) is 10.8. The fourth-order valence-electron chi connectivity index (χ4n) is 2.56. The quantitative estimate of drug-likeness (QED) is 0.733. The molecule has 1 amide bonds. The summed E-state index contributed by atoms with van der Waals surface area (Å²) in [4.78, 5) is 14.2. The average Bonchev–Trinajstić information content (AvgIpc) is 2.89. The Morgan fingerprint density at radius 2 is 1.81 bits per heavy atom. The minimum Gasteiger partial charge on any atom is -0.372 e. The zero-order valence-electron chi connectivity index (χ0n) is 10.8. The monoisotopic (exact) mass is 225 g/mol. The minimum absolute atomic E-state index is 0.0111. The predicted octanol–water partition coefficient (Wildman–Crippen LogP) is 2.06. The molecule has 1 aliphatic carbocycles. The van der Waals surface area contributed by atoms with Crippen LogP contribution in [0.2, 0.25) is 0 Å². The van der Waals surface area contributed by atoms with Crippen molar-refractivity contribution in [2.45, 2.75) is 52.7 Å². The number of amides is 1. The molecule has 0 unspecified atom stereocenters. The first kappa shape index (κ1) is 11.9. The molecule has 0 atom stereocenters. The third-order valence-electron chi connectivity index (χ3n) is 3.92. The Bertz CT molecular complexity index is 276. The van der Waals surface area contributed by atoms with E-state index < -0.39 is 0 Å². The second-order valence-electron chi connectivity index (χ2n) is 5.83. The molecule has 2 rings (SSSR count). The maximum atomic E-state index is 12.3. The Balaban J connectivity index is 1.82. The van der Waals surface area contributed by atoms with E-state index in [0.717, 1.165) is 25.9 Å². The molecule has 92 valence electrons. The van der Waals surface area contributed by atoms with Gasteiger partial charge in [-0.15, -0.1) is 0 Å². The molecular weight excluding hydrogens is 202 g/mol.